The van der Waals surface area contributed by atoms with E-state index in [4.69, 9.17) is 9.47 Å². The first-order valence-corrected chi connectivity index (χ1v) is 9.86. The number of aromatic nitrogens is 2. The predicted octanol–water partition coefficient (Wildman–Crippen LogP) is 1.36. The minimum atomic E-state index is -0.454. The number of rotatable bonds is 5. The van der Waals surface area contributed by atoms with E-state index in [9.17, 15) is 14.4 Å². The lowest BCUT2D eigenvalue weighted by atomic mass is 10.1. The van der Waals surface area contributed by atoms with Crippen molar-refractivity contribution in [2.75, 3.05) is 38.7 Å². The molecule has 1 aliphatic rings. The van der Waals surface area contributed by atoms with Gasteiger partial charge in [-0.15, -0.1) is 0 Å². The fourth-order valence-electron chi connectivity index (χ4n) is 3.36. The molecule has 0 aliphatic carbocycles. The third-order valence-electron chi connectivity index (χ3n) is 5.05. The molecule has 2 amide bonds. The summed E-state index contributed by atoms with van der Waals surface area (Å²) < 4.78 is 11.7. The van der Waals surface area contributed by atoms with Crippen molar-refractivity contribution in [1.29, 1.82) is 0 Å². The third kappa shape index (κ3) is 4.56. The average molecular weight is 422 g/mol. The Balaban J connectivity index is 1.53. The van der Waals surface area contributed by atoms with Gasteiger partial charge in [0.15, 0.2) is 0 Å². The van der Waals surface area contributed by atoms with Crippen LogP contribution in [0, 0.1) is 0 Å². The van der Waals surface area contributed by atoms with Gasteiger partial charge in [0.2, 0.25) is 5.91 Å². The summed E-state index contributed by atoms with van der Waals surface area (Å²) in [5.74, 6) is 0.180. The van der Waals surface area contributed by atoms with Gasteiger partial charge in [-0.3, -0.25) is 18.8 Å². The molecule has 0 spiro atoms. The van der Waals surface area contributed by atoms with Crippen LogP contribution in [0.15, 0.2) is 53.6 Å². The molecule has 3 aromatic rings. The number of methoxy groups -OCH3 is 1. The Morgan fingerprint density at radius 1 is 1.13 bits per heavy atom. The normalized spacial score (nSPS) is 13.8. The molecule has 4 rings (SSSR count). The monoisotopic (exact) mass is 422 g/mol. The number of anilines is 1. The number of pyridine rings is 1. The van der Waals surface area contributed by atoms with Gasteiger partial charge in [0.05, 0.1) is 38.5 Å². The number of amides is 2. The Hall–Kier alpha value is -3.72. The number of nitrogens with zero attached hydrogens (tertiary/aromatic N) is 3. The lowest BCUT2D eigenvalue weighted by Crippen LogP contribution is -2.40. The van der Waals surface area contributed by atoms with Crippen molar-refractivity contribution in [2.24, 2.45) is 0 Å². The van der Waals surface area contributed by atoms with E-state index in [2.05, 4.69) is 10.3 Å². The maximum absolute atomic E-state index is 12.9. The molecule has 31 heavy (non-hydrogen) atoms. The van der Waals surface area contributed by atoms with Crippen LogP contribution in [0.5, 0.6) is 5.75 Å². The van der Waals surface area contributed by atoms with E-state index in [1.165, 1.54) is 16.8 Å². The van der Waals surface area contributed by atoms with E-state index in [-0.39, 0.29) is 23.9 Å². The van der Waals surface area contributed by atoms with E-state index < -0.39 is 5.56 Å². The predicted molar refractivity (Wildman–Crippen MR) is 114 cm³/mol. The second-order valence-corrected chi connectivity index (χ2v) is 7.10. The summed E-state index contributed by atoms with van der Waals surface area (Å²) in [4.78, 5) is 43.9. The zero-order valence-corrected chi connectivity index (χ0v) is 17.0. The Morgan fingerprint density at radius 3 is 2.58 bits per heavy atom. The molecule has 1 N–H and O–H groups in total. The van der Waals surface area contributed by atoms with Crippen LogP contribution < -0.4 is 15.6 Å². The number of morpholine rings is 1. The highest BCUT2D eigenvalue weighted by Gasteiger charge is 2.19. The highest BCUT2D eigenvalue weighted by Crippen LogP contribution is 2.13. The van der Waals surface area contributed by atoms with E-state index in [0.717, 1.165) is 5.56 Å². The third-order valence-corrected chi connectivity index (χ3v) is 5.05. The van der Waals surface area contributed by atoms with Gasteiger partial charge in [-0.05, 0) is 29.8 Å². The highest BCUT2D eigenvalue weighted by atomic mass is 16.5. The summed E-state index contributed by atoms with van der Waals surface area (Å²) in [5.41, 5.74) is 1.14. The summed E-state index contributed by atoms with van der Waals surface area (Å²) in [5, 5.41) is 2.61. The number of hydrogen-bond donors (Lipinski definition) is 1. The summed E-state index contributed by atoms with van der Waals surface area (Å²) >= 11 is 0. The van der Waals surface area contributed by atoms with Gasteiger partial charge < -0.3 is 19.7 Å². The Morgan fingerprint density at radius 2 is 1.87 bits per heavy atom. The molecular formula is C22H22N4O5. The van der Waals surface area contributed by atoms with Crippen molar-refractivity contribution >= 4 is 23.1 Å². The van der Waals surface area contributed by atoms with E-state index in [0.29, 0.717) is 43.3 Å². The molecule has 0 atom stereocenters. The van der Waals surface area contributed by atoms with E-state index in [1.807, 2.05) is 0 Å². The van der Waals surface area contributed by atoms with Crippen LogP contribution in [0.3, 0.4) is 0 Å². The van der Waals surface area contributed by atoms with Crippen molar-refractivity contribution in [3.63, 3.8) is 0 Å². The summed E-state index contributed by atoms with van der Waals surface area (Å²) in [6.45, 7) is 1.99. The Kier molecular flexibility index (Phi) is 5.94. The molecule has 3 heterocycles. The summed E-state index contributed by atoms with van der Waals surface area (Å²) in [6.07, 6.45) is 2.89. The molecule has 1 aliphatic heterocycles. The lowest BCUT2D eigenvalue weighted by Gasteiger charge is -2.26. The molecule has 1 fully saturated rings. The molecule has 9 nitrogen and oxygen atoms in total. The minimum absolute atomic E-state index is 0.0481. The maximum atomic E-state index is 12.9. The van der Waals surface area contributed by atoms with Crippen molar-refractivity contribution in [3.8, 4) is 5.75 Å². The smallest absolute Gasteiger partial charge is 0.281 e. The highest BCUT2D eigenvalue weighted by molar-refractivity contribution is 5.94. The first-order chi connectivity index (χ1) is 15.0. The number of carbonyl (C=O) groups is 2. The molecule has 1 aromatic carbocycles. The molecule has 2 aromatic heterocycles. The quantitative estimate of drug-likeness (QED) is 0.666. The molecule has 0 saturated carbocycles. The molecule has 9 heteroatoms. The van der Waals surface area contributed by atoms with Gasteiger partial charge in [-0.2, -0.15) is 0 Å². The molecule has 160 valence electrons. The summed E-state index contributed by atoms with van der Waals surface area (Å²) in [7, 11) is 1.57. The zero-order valence-electron chi connectivity index (χ0n) is 17.0. The zero-order chi connectivity index (χ0) is 21.8. The van der Waals surface area contributed by atoms with E-state index >= 15 is 0 Å². The number of hydrogen-bond acceptors (Lipinski definition) is 6. The second-order valence-electron chi connectivity index (χ2n) is 7.10. The van der Waals surface area contributed by atoms with Crippen LogP contribution in [0.4, 0.5) is 5.69 Å². The molecule has 1 saturated heterocycles. The van der Waals surface area contributed by atoms with Crippen LogP contribution in [0.1, 0.15) is 15.9 Å². The standard InChI is InChI=1S/C22H22N4O5/c1-30-17-5-2-15(3-6-17)12-20(27)24-18-13-23-19-7-4-16(14-26(19)22(18)29)21(28)25-8-10-31-11-9-25/h2-7,13-14H,8-12H2,1H3,(H,24,27). The van der Waals surface area contributed by atoms with Gasteiger partial charge in [0, 0.05) is 19.3 Å². The fraction of sp³-hybridized carbons (Fsp3) is 0.273. The first kappa shape index (κ1) is 20.5. The van der Waals surface area contributed by atoms with Crippen LogP contribution in [-0.4, -0.2) is 59.5 Å². The van der Waals surface area contributed by atoms with Gasteiger partial charge in [0.1, 0.15) is 17.1 Å². The second kappa shape index (κ2) is 8.97. The molecule has 0 radical (unpaired) electrons. The lowest BCUT2D eigenvalue weighted by molar-refractivity contribution is -0.115. The maximum Gasteiger partial charge on any atom is 0.281 e. The number of ether oxygens (including phenoxy) is 2. The first-order valence-electron chi connectivity index (χ1n) is 9.86. The van der Waals surface area contributed by atoms with Crippen molar-refractivity contribution in [1.82, 2.24) is 14.3 Å². The topological polar surface area (TPSA) is 102 Å². The Bertz CT molecular complexity index is 1170. The van der Waals surface area contributed by atoms with Crippen molar-refractivity contribution in [3.05, 3.63) is 70.3 Å². The minimum Gasteiger partial charge on any atom is -0.497 e. The van der Waals surface area contributed by atoms with Gasteiger partial charge in [0.25, 0.3) is 11.5 Å². The van der Waals surface area contributed by atoms with Gasteiger partial charge >= 0.3 is 0 Å². The van der Waals surface area contributed by atoms with E-state index in [1.54, 1.807) is 48.4 Å². The molecular weight excluding hydrogens is 400 g/mol. The van der Waals surface area contributed by atoms with Gasteiger partial charge in [-0.25, -0.2) is 4.98 Å². The average Bonchev–Trinajstić information content (AvgIpc) is 2.81. The van der Waals surface area contributed by atoms with Crippen LogP contribution in [-0.2, 0) is 16.0 Å². The van der Waals surface area contributed by atoms with Crippen LogP contribution in [0.25, 0.3) is 5.65 Å². The van der Waals surface area contributed by atoms with Gasteiger partial charge in [-0.1, -0.05) is 12.1 Å². The summed E-state index contributed by atoms with van der Waals surface area (Å²) in [6, 6.07) is 10.4. The number of fused-ring (bicyclic) bond motifs is 1. The number of benzene rings is 1. The SMILES string of the molecule is COc1ccc(CC(=O)Nc2cnc3ccc(C(=O)N4CCOCC4)cn3c2=O)cc1. The van der Waals surface area contributed by atoms with Crippen LogP contribution in [0.2, 0.25) is 0 Å². The van der Waals surface area contributed by atoms with Crippen molar-refractivity contribution in [2.45, 2.75) is 6.42 Å². The molecule has 0 unspecified atom stereocenters. The fourth-order valence-corrected chi connectivity index (χ4v) is 3.36. The largest absolute Gasteiger partial charge is 0.497 e. The number of nitrogens with one attached hydrogen (secondary N) is 1. The van der Waals surface area contributed by atoms with Crippen LogP contribution >= 0.6 is 0 Å². The van der Waals surface area contributed by atoms with Crippen molar-refractivity contribution < 1.29 is 19.1 Å². The Labute approximate surface area is 178 Å². The molecule has 0 bridgehead atoms. The number of carbonyl (C=O) groups excluding carboxylic acids is 2.